The molecule has 1 aliphatic heterocycles. The molecular formula is C20H21NO6S. The second-order valence-electron chi connectivity index (χ2n) is 7.88. The molecular weight excluding hydrogens is 382 g/mol. The van der Waals surface area contributed by atoms with Crippen LogP contribution in [0, 0.1) is 13.8 Å². The van der Waals surface area contributed by atoms with Crippen molar-refractivity contribution in [2.24, 2.45) is 0 Å². The van der Waals surface area contributed by atoms with Crippen molar-refractivity contribution in [3.8, 4) is 0 Å². The molecule has 1 fully saturated rings. The van der Waals surface area contributed by atoms with Crippen molar-refractivity contribution >= 4 is 37.7 Å². The number of aryl methyl sites for hydroxylation is 2. The summed E-state index contributed by atoms with van der Waals surface area (Å²) < 4.78 is 34.3. The number of sulfone groups is 1. The number of furan rings is 1. The number of amides is 1. The third kappa shape index (κ3) is 3.22. The highest BCUT2D eigenvalue weighted by molar-refractivity contribution is 7.91. The Morgan fingerprint density at radius 3 is 2.64 bits per heavy atom. The molecule has 3 aromatic rings. The first kappa shape index (κ1) is 18.7. The molecule has 1 aromatic carbocycles. The number of nitrogens with one attached hydrogen (secondary N) is 1. The van der Waals surface area contributed by atoms with E-state index >= 15 is 0 Å². The minimum absolute atomic E-state index is 0.0565. The van der Waals surface area contributed by atoms with Gasteiger partial charge in [0.2, 0.25) is 5.91 Å². The molecule has 0 radical (unpaired) electrons. The Hall–Kier alpha value is -2.61. The molecule has 0 aliphatic carbocycles. The van der Waals surface area contributed by atoms with Gasteiger partial charge in [0.1, 0.15) is 11.2 Å². The van der Waals surface area contributed by atoms with Crippen LogP contribution in [0.25, 0.3) is 21.9 Å². The average Bonchev–Trinajstić information content (AvgIpc) is 3.09. The van der Waals surface area contributed by atoms with Crippen molar-refractivity contribution in [3.63, 3.8) is 0 Å². The first-order chi connectivity index (χ1) is 13.1. The molecule has 0 unspecified atom stereocenters. The Kier molecular flexibility index (Phi) is 4.15. The molecule has 148 valence electrons. The van der Waals surface area contributed by atoms with E-state index in [1.54, 1.807) is 26.2 Å². The lowest BCUT2D eigenvalue weighted by atomic mass is 9.99. The van der Waals surface area contributed by atoms with Crippen LogP contribution in [0.4, 0.5) is 0 Å². The third-order valence-electron chi connectivity index (χ3n) is 5.46. The average molecular weight is 403 g/mol. The first-order valence-corrected chi connectivity index (χ1v) is 10.8. The van der Waals surface area contributed by atoms with Crippen LogP contribution in [0.3, 0.4) is 0 Å². The van der Waals surface area contributed by atoms with Crippen LogP contribution in [-0.2, 0) is 21.1 Å². The largest absolute Gasteiger partial charge is 0.464 e. The highest BCUT2D eigenvalue weighted by Crippen LogP contribution is 2.29. The fourth-order valence-corrected chi connectivity index (χ4v) is 5.99. The van der Waals surface area contributed by atoms with Crippen LogP contribution < -0.4 is 10.9 Å². The van der Waals surface area contributed by atoms with E-state index in [4.69, 9.17) is 8.83 Å². The van der Waals surface area contributed by atoms with Crippen LogP contribution in [0.2, 0.25) is 0 Å². The van der Waals surface area contributed by atoms with Gasteiger partial charge < -0.3 is 14.2 Å². The van der Waals surface area contributed by atoms with Gasteiger partial charge in [0.25, 0.3) is 0 Å². The molecule has 1 amide bonds. The summed E-state index contributed by atoms with van der Waals surface area (Å²) in [5.74, 6) is -0.426. The Bertz CT molecular complexity index is 1280. The maximum atomic E-state index is 12.5. The predicted molar refractivity (Wildman–Crippen MR) is 105 cm³/mol. The molecule has 8 heteroatoms. The molecule has 1 N–H and O–H groups in total. The molecule has 1 saturated heterocycles. The predicted octanol–water partition coefficient (Wildman–Crippen LogP) is 2.39. The van der Waals surface area contributed by atoms with Gasteiger partial charge in [-0.3, -0.25) is 4.79 Å². The number of carbonyl (C=O) groups excluding carboxylic acids is 1. The van der Waals surface area contributed by atoms with Gasteiger partial charge in [0.15, 0.2) is 9.84 Å². The molecule has 3 heterocycles. The summed E-state index contributed by atoms with van der Waals surface area (Å²) in [6.07, 6.45) is 1.84. The molecule has 1 aliphatic rings. The van der Waals surface area contributed by atoms with E-state index in [0.717, 1.165) is 16.3 Å². The van der Waals surface area contributed by atoms with E-state index in [9.17, 15) is 18.0 Å². The molecule has 1 atom stereocenters. The number of hydrogen-bond acceptors (Lipinski definition) is 6. The van der Waals surface area contributed by atoms with Gasteiger partial charge >= 0.3 is 5.63 Å². The molecule has 4 rings (SSSR count). The Balaban J connectivity index is 1.68. The lowest BCUT2D eigenvalue weighted by molar-refractivity contribution is -0.122. The van der Waals surface area contributed by atoms with Gasteiger partial charge in [-0.25, -0.2) is 13.2 Å². The number of benzene rings is 1. The summed E-state index contributed by atoms with van der Waals surface area (Å²) >= 11 is 0. The number of fused-ring (bicyclic) bond motifs is 2. The lowest BCUT2D eigenvalue weighted by Gasteiger charge is -2.24. The molecule has 0 saturated carbocycles. The maximum absolute atomic E-state index is 12.5. The van der Waals surface area contributed by atoms with Gasteiger partial charge in [0, 0.05) is 16.8 Å². The second kappa shape index (κ2) is 6.20. The summed E-state index contributed by atoms with van der Waals surface area (Å²) in [6.45, 7) is 5.42. The minimum Gasteiger partial charge on any atom is -0.464 e. The highest BCUT2D eigenvalue weighted by atomic mass is 32.2. The number of hydrogen-bond donors (Lipinski definition) is 1. The molecule has 7 nitrogen and oxygen atoms in total. The van der Waals surface area contributed by atoms with Crippen molar-refractivity contribution < 1.29 is 22.0 Å². The zero-order valence-electron chi connectivity index (χ0n) is 15.9. The fourth-order valence-electron chi connectivity index (χ4n) is 3.89. The van der Waals surface area contributed by atoms with Crippen molar-refractivity contribution in [2.45, 2.75) is 39.2 Å². The minimum atomic E-state index is -3.14. The normalized spacial score (nSPS) is 21.4. The van der Waals surface area contributed by atoms with E-state index < -0.39 is 26.9 Å². The van der Waals surface area contributed by atoms with Gasteiger partial charge in [-0.15, -0.1) is 0 Å². The smallest absolute Gasteiger partial charge is 0.340 e. The van der Waals surface area contributed by atoms with Crippen LogP contribution >= 0.6 is 0 Å². The Morgan fingerprint density at radius 2 is 1.96 bits per heavy atom. The monoisotopic (exact) mass is 403 g/mol. The Labute approximate surface area is 161 Å². The maximum Gasteiger partial charge on any atom is 0.340 e. The molecule has 0 bridgehead atoms. The van der Waals surface area contributed by atoms with Crippen LogP contribution in [0.5, 0.6) is 0 Å². The van der Waals surface area contributed by atoms with Gasteiger partial charge in [-0.2, -0.15) is 0 Å². The summed E-state index contributed by atoms with van der Waals surface area (Å²) in [5, 5.41) is 4.45. The van der Waals surface area contributed by atoms with Gasteiger partial charge in [0.05, 0.1) is 35.3 Å². The second-order valence-corrected chi connectivity index (χ2v) is 10.1. The van der Waals surface area contributed by atoms with E-state index in [-0.39, 0.29) is 23.5 Å². The first-order valence-electron chi connectivity index (χ1n) is 9.02. The van der Waals surface area contributed by atoms with E-state index in [0.29, 0.717) is 23.2 Å². The topological polar surface area (TPSA) is 107 Å². The van der Waals surface area contributed by atoms with Crippen molar-refractivity contribution in [2.75, 3.05) is 11.5 Å². The van der Waals surface area contributed by atoms with Crippen molar-refractivity contribution in [1.29, 1.82) is 0 Å². The van der Waals surface area contributed by atoms with Gasteiger partial charge in [-0.1, -0.05) is 0 Å². The van der Waals surface area contributed by atoms with Crippen LogP contribution in [0.1, 0.15) is 30.0 Å². The highest BCUT2D eigenvalue weighted by Gasteiger charge is 2.39. The molecule has 2 aromatic heterocycles. The summed E-state index contributed by atoms with van der Waals surface area (Å²) in [4.78, 5) is 25.0. The summed E-state index contributed by atoms with van der Waals surface area (Å²) in [5.41, 5.74) is 1.57. The summed E-state index contributed by atoms with van der Waals surface area (Å²) in [7, 11) is -3.14. The van der Waals surface area contributed by atoms with Crippen LogP contribution in [0.15, 0.2) is 32.0 Å². The quantitative estimate of drug-likeness (QED) is 0.673. The number of carbonyl (C=O) groups is 1. The molecule has 0 spiro atoms. The Morgan fingerprint density at radius 1 is 1.21 bits per heavy atom. The fraction of sp³-hybridized carbons (Fsp3) is 0.400. The van der Waals surface area contributed by atoms with E-state index in [2.05, 4.69) is 5.32 Å². The lowest BCUT2D eigenvalue weighted by Crippen LogP contribution is -2.47. The zero-order chi connectivity index (χ0) is 20.3. The summed E-state index contributed by atoms with van der Waals surface area (Å²) in [6, 6.07) is 3.58. The van der Waals surface area contributed by atoms with Crippen molar-refractivity contribution in [1.82, 2.24) is 5.32 Å². The molecule has 28 heavy (non-hydrogen) atoms. The third-order valence-corrected chi connectivity index (χ3v) is 7.36. The van der Waals surface area contributed by atoms with E-state index in [1.807, 2.05) is 13.0 Å². The van der Waals surface area contributed by atoms with E-state index in [1.165, 1.54) is 0 Å². The van der Waals surface area contributed by atoms with Crippen molar-refractivity contribution in [3.05, 3.63) is 45.5 Å². The van der Waals surface area contributed by atoms with Gasteiger partial charge in [-0.05, 0) is 44.4 Å². The zero-order valence-corrected chi connectivity index (χ0v) is 16.7. The SMILES string of the molecule is Cc1coc2cc3oc(=O)c(CC(=O)N[C@]4(C)CCS(=O)(=O)C4)c(C)c3cc12. The van der Waals surface area contributed by atoms with Crippen LogP contribution in [-0.4, -0.2) is 31.4 Å². The standard InChI is InChI=1S/C20H21NO6S/c1-11-9-26-16-8-17-14(6-13(11)16)12(2)15(19(23)27-17)7-18(22)21-20(3)4-5-28(24,25)10-20/h6,8-9H,4-5,7,10H2,1-3H3,(H,21,22)/t20-/m1/s1. The number of rotatable bonds is 3.